The van der Waals surface area contributed by atoms with Crippen molar-refractivity contribution in [3.05, 3.63) is 18.2 Å². The molecule has 0 bridgehead atoms. The third-order valence-corrected chi connectivity index (χ3v) is 0.997. The van der Waals surface area contributed by atoms with E-state index < -0.39 is 0 Å². The summed E-state index contributed by atoms with van der Waals surface area (Å²) in [6.45, 7) is 4.16. The Bertz CT molecular complexity index is 146. The van der Waals surface area contributed by atoms with Gasteiger partial charge in [0.2, 0.25) is 0 Å². The zero-order valence-corrected chi connectivity index (χ0v) is 6.43. The molecule has 0 radical (unpaired) electrons. The number of imidazole rings is 1. The van der Waals surface area contributed by atoms with Crippen LogP contribution in [0.25, 0.3) is 0 Å². The fraction of sp³-hybridized carbons (Fsp3) is 0.500. The molecule has 3 heteroatoms. The quantitative estimate of drug-likeness (QED) is 0.588. The zero-order chi connectivity index (χ0) is 5.98. The summed E-state index contributed by atoms with van der Waals surface area (Å²) in [5.41, 5.74) is 0. The molecule has 0 aliphatic rings. The molecule has 0 unspecified atom stereocenters. The van der Waals surface area contributed by atoms with Gasteiger partial charge in [-0.2, -0.15) is 0 Å². The van der Waals surface area contributed by atoms with Crippen LogP contribution in [0.15, 0.2) is 12.4 Å². The van der Waals surface area contributed by atoms with Gasteiger partial charge in [0.25, 0.3) is 0 Å². The first-order chi connectivity index (χ1) is 3.80. The second-order valence-corrected chi connectivity index (χ2v) is 2.07. The monoisotopic (exact) mass is 167 g/mol. The number of aromatic nitrogens is 2. The molecule has 54 valence electrons. The average Bonchev–Trinajstić information content (AvgIpc) is 2.12. The predicted molar refractivity (Wildman–Crippen MR) is 31.6 cm³/mol. The molecule has 9 heavy (non-hydrogen) atoms. The van der Waals surface area contributed by atoms with Gasteiger partial charge in [-0.05, 0) is 5.92 Å². The first-order valence-corrected chi connectivity index (χ1v) is 2.74. The number of hydrogen-bond donors (Lipinski definition) is 0. The van der Waals surface area contributed by atoms with Gasteiger partial charge in [0.15, 0.2) is 0 Å². The summed E-state index contributed by atoms with van der Waals surface area (Å²) < 4.78 is 0. The molecule has 1 aromatic rings. The van der Waals surface area contributed by atoms with Crippen LogP contribution in [0.2, 0.25) is 0 Å². The molecule has 0 atom stereocenters. The summed E-state index contributed by atoms with van der Waals surface area (Å²) in [7, 11) is 0. The Morgan fingerprint density at radius 1 is 1.56 bits per heavy atom. The molecule has 2 nitrogen and oxygen atoms in total. The summed E-state index contributed by atoms with van der Waals surface area (Å²) in [6, 6.07) is 0. The molecule has 0 aliphatic heterocycles. The second kappa shape index (κ2) is 3.68. The van der Waals surface area contributed by atoms with E-state index in [9.17, 15) is 0 Å². The minimum Gasteiger partial charge on any atom is -0.446 e. The zero-order valence-electron chi connectivity index (χ0n) is 5.44. The number of hydrogen-bond acceptors (Lipinski definition) is 1. The molecule has 0 aliphatic carbocycles. The standard InChI is InChI=1S/C6H9N2.Ni/c1-5(2)6-7-3-4-8-6;/h3-5H,1-2H3;/q-1;. The Kier molecular flexibility index (Phi) is 3.56. The van der Waals surface area contributed by atoms with E-state index in [2.05, 4.69) is 23.8 Å². The van der Waals surface area contributed by atoms with Crippen LogP contribution < -0.4 is 4.98 Å². The second-order valence-electron chi connectivity index (χ2n) is 2.07. The molecule has 0 amide bonds. The van der Waals surface area contributed by atoms with E-state index in [4.69, 9.17) is 0 Å². The molecule has 1 heterocycles. The molecular weight excluding hydrogens is 159 g/mol. The van der Waals surface area contributed by atoms with Gasteiger partial charge in [-0.1, -0.05) is 32.1 Å². The van der Waals surface area contributed by atoms with Crippen molar-refractivity contribution < 1.29 is 16.5 Å². The third-order valence-electron chi connectivity index (χ3n) is 0.997. The van der Waals surface area contributed by atoms with Crippen molar-refractivity contribution >= 4 is 0 Å². The Morgan fingerprint density at radius 2 is 2.22 bits per heavy atom. The largest absolute Gasteiger partial charge is 0.446 e. The van der Waals surface area contributed by atoms with Crippen molar-refractivity contribution in [1.82, 2.24) is 9.97 Å². The van der Waals surface area contributed by atoms with E-state index in [-0.39, 0.29) is 16.5 Å². The first kappa shape index (κ1) is 8.70. The smallest absolute Gasteiger partial charge is 0 e. The molecule has 0 spiro atoms. The van der Waals surface area contributed by atoms with E-state index >= 15 is 0 Å². The van der Waals surface area contributed by atoms with Crippen LogP contribution in [0.5, 0.6) is 0 Å². The summed E-state index contributed by atoms with van der Waals surface area (Å²) >= 11 is 0. The van der Waals surface area contributed by atoms with Crippen LogP contribution in [0.1, 0.15) is 25.6 Å². The van der Waals surface area contributed by atoms with Gasteiger partial charge in [0.1, 0.15) is 0 Å². The maximum absolute atomic E-state index is 4.00. The van der Waals surface area contributed by atoms with Gasteiger partial charge in [-0.3, -0.25) is 0 Å². The number of nitrogens with zero attached hydrogens (tertiary/aromatic N) is 2. The van der Waals surface area contributed by atoms with E-state index in [1.807, 2.05) is 0 Å². The minimum atomic E-state index is 0. The maximum Gasteiger partial charge on any atom is 0 e. The van der Waals surface area contributed by atoms with E-state index in [1.165, 1.54) is 0 Å². The SMILES string of the molecule is CC(C)c1ncc[n-]1.[Ni]. The fourth-order valence-corrected chi connectivity index (χ4v) is 0.551. The molecule has 0 fully saturated rings. The van der Waals surface area contributed by atoms with Crippen molar-refractivity contribution in [2.45, 2.75) is 19.8 Å². The summed E-state index contributed by atoms with van der Waals surface area (Å²) in [4.78, 5) is 8.01. The Labute approximate surface area is 65.0 Å². The van der Waals surface area contributed by atoms with Crippen molar-refractivity contribution in [3.63, 3.8) is 0 Å². The Morgan fingerprint density at radius 3 is 2.44 bits per heavy atom. The van der Waals surface area contributed by atoms with Gasteiger partial charge in [-0.15, -0.1) is 0 Å². The summed E-state index contributed by atoms with van der Waals surface area (Å²) in [5, 5.41) is 0. The van der Waals surface area contributed by atoms with E-state index in [1.54, 1.807) is 12.4 Å². The predicted octanol–water partition coefficient (Wildman–Crippen LogP) is 1.16. The molecule has 0 N–H and O–H groups in total. The van der Waals surface area contributed by atoms with Crippen molar-refractivity contribution in [1.29, 1.82) is 0 Å². The Hall–Kier alpha value is -0.296. The number of rotatable bonds is 1. The summed E-state index contributed by atoms with van der Waals surface area (Å²) in [6.07, 6.45) is 3.44. The van der Waals surface area contributed by atoms with Crippen molar-refractivity contribution in [2.24, 2.45) is 0 Å². The topological polar surface area (TPSA) is 27.0 Å². The Balaban J connectivity index is 0.000000640. The normalized spacial score (nSPS) is 9.22. The van der Waals surface area contributed by atoms with Crippen LogP contribution >= 0.6 is 0 Å². The van der Waals surface area contributed by atoms with Crippen LogP contribution in [-0.4, -0.2) is 4.98 Å². The van der Waals surface area contributed by atoms with Crippen LogP contribution in [0.4, 0.5) is 0 Å². The van der Waals surface area contributed by atoms with E-state index in [0.717, 1.165) is 5.82 Å². The average molecular weight is 168 g/mol. The minimum absolute atomic E-state index is 0. The van der Waals surface area contributed by atoms with Crippen molar-refractivity contribution in [3.8, 4) is 0 Å². The third kappa shape index (κ3) is 2.19. The van der Waals surface area contributed by atoms with Crippen LogP contribution in [0.3, 0.4) is 0 Å². The van der Waals surface area contributed by atoms with E-state index in [0.29, 0.717) is 5.92 Å². The molecule has 1 rings (SSSR count). The van der Waals surface area contributed by atoms with Gasteiger partial charge in [-0.25, -0.2) is 0 Å². The summed E-state index contributed by atoms with van der Waals surface area (Å²) in [5.74, 6) is 1.40. The molecular formula is C6H9N2Ni-. The van der Waals surface area contributed by atoms with Crippen molar-refractivity contribution in [2.75, 3.05) is 0 Å². The van der Waals surface area contributed by atoms with Crippen LogP contribution in [-0.2, 0) is 16.5 Å². The molecule has 0 saturated carbocycles. The molecule has 1 aromatic heterocycles. The maximum atomic E-state index is 4.00. The van der Waals surface area contributed by atoms with Gasteiger partial charge in [0.05, 0.1) is 0 Å². The molecule has 0 aromatic carbocycles. The van der Waals surface area contributed by atoms with Gasteiger partial charge < -0.3 is 9.97 Å². The fourth-order valence-electron chi connectivity index (χ4n) is 0.551. The first-order valence-electron chi connectivity index (χ1n) is 2.74. The van der Waals surface area contributed by atoms with Gasteiger partial charge in [0, 0.05) is 16.5 Å². The van der Waals surface area contributed by atoms with Gasteiger partial charge >= 0.3 is 0 Å². The molecule has 0 saturated heterocycles. The van der Waals surface area contributed by atoms with Crippen LogP contribution in [0, 0.1) is 0 Å².